The van der Waals surface area contributed by atoms with Crippen molar-refractivity contribution in [2.75, 3.05) is 32.7 Å². The number of carbonyl (C=O) groups is 1. The first-order chi connectivity index (χ1) is 9.19. The molecule has 1 aromatic carbocycles. The van der Waals surface area contributed by atoms with Gasteiger partial charge in [-0.25, -0.2) is 0 Å². The second kappa shape index (κ2) is 6.83. The lowest BCUT2D eigenvalue weighted by molar-refractivity contribution is -0.108. The predicted octanol–water partition coefficient (Wildman–Crippen LogP) is 2.01. The summed E-state index contributed by atoms with van der Waals surface area (Å²) in [6.07, 6.45) is 1.68. The molecule has 3 heteroatoms. The molecule has 1 aliphatic heterocycles. The van der Waals surface area contributed by atoms with E-state index in [0.29, 0.717) is 6.42 Å². The third kappa shape index (κ3) is 4.15. The molecule has 0 bridgehead atoms. The normalized spacial score (nSPS) is 17.6. The van der Waals surface area contributed by atoms with Crippen LogP contribution in [0.3, 0.4) is 0 Å². The minimum Gasteiger partial charge on any atom is -0.303 e. The van der Waals surface area contributed by atoms with Crippen molar-refractivity contribution in [3.05, 3.63) is 34.9 Å². The Balaban J connectivity index is 1.81. The fourth-order valence-corrected chi connectivity index (χ4v) is 2.57. The van der Waals surface area contributed by atoms with E-state index >= 15 is 0 Å². The molecule has 0 saturated carbocycles. The van der Waals surface area contributed by atoms with E-state index in [4.69, 9.17) is 0 Å². The molecular weight excluding hydrogens is 236 g/mol. The van der Waals surface area contributed by atoms with Crippen LogP contribution in [0.2, 0.25) is 0 Å². The first-order valence-electron chi connectivity index (χ1n) is 7.13. The molecule has 2 rings (SSSR count). The van der Waals surface area contributed by atoms with Crippen molar-refractivity contribution < 1.29 is 4.79 Å². The summed E-state index contributed by atoms with van der Waals surface area (Å²) >= 11 is 0. The van der Waals surface area contributed by atoms with E-state index in [0.717, 1.165) is 45.6 Å². The molecule has 104 valence electrons. The van der Waals surface area contributed by atoms with Gasteiger partial charge in [0.1, 0.15) is 6.29 Å². The lowest BCUT2D eigenvalue weighted by Gasteiger charge is -2.34. The molecule has 0 spiro atoms. The Labute approximate surface area is 116 Å². The van der Waals surface area contributed by atoms with Crippen molar-refractivity contribution in [1.82, 2.24) is 9.80 Å². The van der Waals surface area contributed by atoms with Crippen LogP contribution in [0, 0.1) is 13.8 Å². The van der Waals surface area contributed by atoms with Crippen LogP contribution in [0.15, 0.2) is 18.2 Å². The average Bonchev–Trinajstić information content (AvgIpc) is 2.42. The Kier molecular flexibility index (Phi) is 5.11. The summed E-state index contributed by atoms with van der Waals surface area (Å²) in [5, 5.41) is 0. The number of aryl methyl sites for hydroxylation is 2. The SMILES string of the molecule is Cc1ccc(CN2CCN(CCC=O)CC2)cc1C. The molecule has 1 aromatic rings. The molecule has 1 heterocycles. The van der Waals surface area contributed by atoms with Crippen molar-refractivity contribution in [2.24, 2.45) is 0 Å². The molecular formula is C16H24N2O. The molecule has 0 aliphatic carbocycles. The lowest BCUT2D eigenvalue weighted by Crippen LogP contribution is -2.46. The zero-order valence-corrected chi connectivity index (χ0v) is 12.1. The van der Waals surface area contributed by atoms with Gasteiger partial charge in [-0.1, -0.05) is 18.2 Å². The van der Waals surface area contributed by atoms with E-state index in [2.05, 4.69) is 41.8 Å². The van der Waals surface area contributed by atoms with Crippen LogP contribution in [0.25, 0.3) is 0 Å². The maximum Gasteiger partial charge on any atom is 0.121 e. The number of carbonyl (C=O) groups excluding carboxylic acids is 1. The van der Waals surface area contributed by atoms with Gasteiger partial charge in [0.15, 0.2) is 0 Å². The van der Waals surface area contributed by atoms with E-state index in [9.17, 15) is 4.79 Å². The summed E-state index contributed by atoms with van der Waals surface area (Å²) in [7, 11) is 0. The highest BCUT2D eigenvalue weighted by atomic mass is 16.1. The summed E-state index contributed by atoms with van der Waals surface area (Å²) in [4.78, 5) is 15.3. The number of nitrogens with zero attached hydrogens (tertiary/aromatic N) is 2. The van der Waals surface area contributed by atoms with Crippen LogP contribution in [0.1, 0.15) is 23.1 Å². The minimum atomic E-state index is 0.664. The maximum absolute atomic E-state index is 10.4. The third-order valence-electron chi connectivity index (χ3n) is 4.01. The van der Waals surface area contributed by atoms with Gasteiger partial charge in [-0.3, -0.25) is 4.90 Å². The van der Waals surface area contributed by atoms with Gasteiger partial charge in [-0.2, -0.15) is 0 Å². The zero-order valence-electron chi connectivity index (χ0n) is 12.1. The molecule has 0 atom stereocenters. The molecule has 19 heavy (non-hydrogen) atoms. The molecule has 1 fully saturated rings. The fraction of sp³-hybridized carbons (Fsp3) is 0.562. The Morgan fingerprint density at radius 1 is 1.05 bits per heavy atom. The summed E-state index contributed by atoms with van der Waals surface area (Å²) in [5.74, 6) is 0. The van der Waals surface area contributed by atoms with Gasteiger partial charge in [-0.05, 0) is 30.5 Å². The number of aldehydes is 1. The van der Waals surface area contributed by atoms with Crippen molar-refractivity contribution >= 4 is 6.29 Å². The second-order valence-corrected chi connectivity index (χ2v) is 5.49. The highest BCUT2D eigenvalue weighted by molar-refractivity contribution is 5.49. The topological polar surface area (TPSA) is 23.6 Å². The van der Waals surface area contributed by atoms with Crippen molar-refractivity contribution in [2.45, 2.75) is 26.8 Å². The summed E-state index contributed by atoms with van der Waals surface area (Å²) in [5.41, 5.74) is 4.15. The largest absolute Gasteiger partial charge is 0.303 e. The van der Waals surface area contributed by atoms with Crippen molar-refractivity contribution in [3.63, 3.8) is 0 Å². The molecule has 0 N–H and O–H groups in total. The van der Waals surface area contributed by atoms with E-state index in [1.165, 1.54) is 16.7 Å². The first kappa shape index (κ1) is 14.2. The second-order valence-electron chi connectivity index (χ2n) is 5.49. The fourth-order valence-electron chi connectivity index (χ4n) is 2.57. The molecule has 1 aliphatic rings. The van der Waals surface area contributed by atoms with E-state index in [1.807, 2.05) is 0 Å². The van der Waals surface area contributed by atoms with E-state index in [-0.39, 0.29) is 0 Å². The molecule has 3 nitrogen and oxygen atoms in total. The van der Waals surface area contributed by atoms with Gasteiger partial charge in [0.05, 0.1) is 0 Å². The highest BCUT2D eigenvalue weighted by Gasteiger charge is 2.16. The standard InChI is InChI=1S/C16H24N2O/c1-14-4-5-16(12-15(14)2)13-18-9-7-17(8-10-18)6-3-11-19/h4-5,11-12H,3,6-10,13H2,1-2H3. The van der Waals surface area contributed by atoms with Gasteiger partial charge < -0.3 is 9.69 Å². The van der Waals surface area contributed by atoms with Gasteiger partial charge in [-0.15, -0.1) is 0 Å². The number of benzene rings is 1. The molecule has 0 amide bonds. The van der Waals surface area contributed by atoms with E-state index < -0.39 is 0 Å². The number of rotatable bonds is 5. The maximum atomic E-state index is 10.4. The number of hydrogen-bond acceptors (Lipinski definition) is 3. The van der Waals surface area contributed by atoms with Crippen LogP contribution in [-0.2, 0) is 11.3 Å². The van der Waals surface area contributed by atoms with Crippen LogP contribution in [0.5, 0.6) is 0 Å². The van der Waals surface area contributed by atoms with Gasteiger partial charge in [0.2, 0.25) is 0 Å². The Hall–Kier alpha value is -1.19. The highest BCUT2D eigenvalue weighted by Crippen LogP contribution is 2.13. The first-order valence-corrected chi connectivity index (χ1v) is 7.13. The van der Waals surface area contributed by atoms with Crippen LogP contribution >= 0.6 is 0 Å². The zero-order chi connectivity index (χ0) is 13.7. The Morgan fingerprint density at radius 3 is 2.37 bits per heavy atom. The van der Waals surface area contributed by atoms with Crippen LogP contribution in [0.4, 0.5) is 0 Å². The number of piperazine rings is 1. The summed E-state index contributed by atoms with van der Waals surface area (Å²) in [6, 6.07) is 6.75. The van der Waals surface area contributed by atoms with Gasteiger partial charge in [0, 0.05) is 45.7 Å². The van der Waals surface area contributed by atoms with Gasteiger partial charge >= 0.3 is 0 Å². The van der Waals surface area contributed by atoms with E-state index in [1.54, 1.807) is 0 Å². The summed E-state index contributed by atoms with van der Waals surface area (Å²) in [6.45, 7) is 10.7. The van der Waals surface area contributed by atoms with Crippen molar-refractivity contribution in [3.8, 4) is 0 Å². The smallest absolute Gasteiger partial charge is 0.121 e. The number of hydrogen-bond donors (Lipinski definition) is 0. The summed E-state index contributed by atoms with van der Waals surface area (Å²) < 4.78 is 0. The van der Waals surface area contributed by atoms with Crippen LogP contribution in [-0.4, -0.2) is 48.8 Å². The monoisotopic (exact) mass is 260 g/mol. The molecule has 0 radical (unpaired) electrons. The molecule has 0 aromatic heterocycles. The quantitative estimate of drug-likeness (QED) is 0.757. The Bertz CT molecular complexity index is 423. The molecule has 0 unspecified atom stereocenters. The van der Waals surface area contributed by atoms with Gasteiger partial charge in [0.25, 0.3) is 0 Å². The Morgan fingerprint density at radius 2 is 1.74 bits per heavy atom. The molecule has 1 saturated heterocycles. The van der Waals surface area contributed by atoms with Crippen molar-refractivity contribution in [1.29, 1.82) is 0 Å². The predicted molar refractivity (Wildman–Crippen MR) is 78.3 cm³/mol. The average molecular weight is 260 g/mol. The van der Waals surface area contributed by atoms with Crippen LogP contribution < -0.4 is 0 Å². The minimum absolute atomic E-state index is 0.664. The lowest BCUT2D eigenvalue weighted by atomic mass is 10.1. The third-order valence-corrected chi connectivity index (χ3v) is 4.01.